The van der Waals surface area contributed by atoms with Crippen LogP contribution in [0.5, 0.6) is 0 Å². The van der Waals surface area contributed by atoms with E-state index in [1.807, 2.05) is 12.1 Å². The number of hydrogen-bond acceptors (Lipinski definition) is 3. The van der Waals surface area contributed by atoms with Crippen molar-refractivity contribution in [2.24, 2.45) is 5.92 Å². The summed E-state index contributed by atoms with van der Waals surface area (Å²) in [5.74, 6) is 0.652. The molecule has 1 aromatic rings. The van der Waals surface area contributed by atoms with Crippen molar-refractivity contribution in [1.82, 2.24) is 4.31 Å². The third-order valence-corrected chi connectivity index (χ3v) is 6.48. The molecule has 2 atom stereocenters. The van der Waals surface area contributed by atoms with E-state index < -0.39 is 10.0 Å². The molecule has 0 amide bonds. The highest BCUT2D eigenvalue weighted by atomic mass is 79.9. The molecule has 0 N–H and O–H groups in total. The van der Waals surface area contributed by atoms with Gasteiger partial charge in [0.2, 0.25) is 10.0 Å². The highest BCUT2D eigenvalue weighted by Gasteiger charge is 2.30. The van der Waals surface area contributed by atoms with Crippen molar-refractivity contribution in [3.05, 3.63) is 24.3 Å². The highest BCUT2D eigenvalue weighted by molar-refractivity contribution is 9.09. The van der Waals surface area contributed by atoms with Crippen LogP contribution in [0, 0.1) is 5.92 Å². The number of rotatable bonds is 4. The van der Waals surface area contributed by atoms with Gasteiger partial charge in [0.15, 0.2) is 0 Å². The van der Waals surface area contributed by atoms with Gasteiger partial charge >= 0.3 is 0 Å². The Kier molecular flexibility index (Phi) is 4.76. The van der Waals surface area contributed by atoms with Gasteiger partial charge in [-0.25, -0.2) is 12.7 Å². The predicted molar refractivity (Wildman–Crippen MR) is 86.0 cm³/mol. The van der Waals surface area contributed by atoms with Crippen LogP contribution in [0.4, 0.5) is 5.69 Å². The first-order valence-corrected chi connectivity index (χ1v) is 9.29. The normalized spacial score (nSPS) is 23.6. The lowest BCUT2D eigenvalue weighted by Gasteiger charge is -2.27. The van der Waals surface area contributed by atoms with Crippen LogP contribution in [0.15, 0.2) is 29.2 Å². The fraction of sp³-hybridized carbons (Fsp3) is 0.571. The fourth-order valence-corrected chi connectivity index (χ4v) is 4.47. The number of anilines is 1. The molecule has 0 spiro atoms. The van der Waals surface area contributed by atoms with Gasteiger partial charge in [0.25, 0.3) is 0 Å². The van der Waals surface area contributed by atoms with Crippen molar-refractivity contribution in [3.8, 4) is 0 Å². The molecule has 1 heterocycles. The Morgan fingerprint density at radius 1 is 1.30 bits per heavy atom. The maximum atomic E-state index is 12.0. The Hall–Kier alpha value is -0.590. The Morgan fingerprint density at radius 3 is 2.40 bits per heavy atom. The van der Waals surface area contributed by atoms with Crippen LogP contribution in [-0.4, -0.2) is 44.7 Å². The molecule has 2 rings (SSSR count). The van der Waals surface area contributed by atoms with Gasteiger partial charge in [-0.2, -0.15) is 0 Å². The Labute approximate surface area is 129 Å². The van der Waals surface area contributed by atoms with Crippen molar-refractivity contribution in [2.45, 2.75) is 24.3 Å². The topological polar surface area (TPSA) is 40.6 Å². The van der Waals surface area contributed by atoms with Gasteiger partial charge in [0, 0.05) is 37.7 Å². The number of sulfonamides is 1. The van der Waals surface area contributed by atoms with Crippen molar-refractivity contribution in [3.63, 3.8) is 0 Å². The van der Waals surface area contributed by atoms with Gasteiger partial charge in [0.05, 0.1) is 4.90 Å². The van der Waals surface area contributed by atoms with E-state index in [-0.39, 0.29) is 0 Å². The zero-order chi connectivity index (χ0) is 14.9. The number of benzene rings is 1. The fourth-order valence-electron chi connectivity index (χ4n) is 2.58. The summed E-state index contributed by atoms with van der Waals surface area (Å²) < 4.78 is 25.3. The minimum atomic E-state index is -3.34. The maximum absolute atomic E-state index is 12.0. The van der Waals surface area contributed by atoms with Crippen molar-refractivity contribution < 1.29 is 8.42 Å². The smallest absolute Gasteiger partial charge is 0.242 e. The minimum Gasteiger partial charge on any atom is -0.367 e. The van der Waals surface area contributed by atoms with Gasteiger partial charge in [-0.15, -0.1) is 0 Å². The molecule has 0 aliphatic carbocycles. The molecular weight excluding hydrogens is 340 g/mol. The van der Waals surface area contributed by atoms with E-state index >= 15 is 0 Å². The maximum Gasteiger partial charge on any atom is 0.242 e. The standard InChI is InChI=1S/C14H21BrN2O2S/c1-11-8-9-17(14(11)10-15)12-4-6-13(7-5-12)20(18,19)16(2)3/h4-7,11,14H,8-10H2,1-3H3. The number of nitrogens with zero attached hydrogens (tertiary/aromatic N) is 2. The number of hydrogen-bond donors (Lipinski definition) is 0. The van der Waals surface area contributed by atoms with Crippen LogP contribution in [-0.2, 0) is 10.0 Å². The summed E-state index contributed by atoms with van der Waals surface area (Å²) >= 11 is 3.58. The second-order valence-corrected chi connectivity index (χ2v) is 8.26. The molecule has 4 nitrogen and oxygen atoms in total. The molecule has 0 bridgehead atoms. The molecule has 1 aliphatic rings. The highest BCUT2D eigenvalue weighted by Crippen LogP contribution is 2.31. The van der Waals surface area contributed by atoms with E-state index in [0.29, 0.717) is 16.9 Å². The Balaban J connectivity index is 2.25. The summed E-state index contributed by atoms with van der Waals surface area (Å²) in [6.45, 7) is 3.29. The second kappa shape index (κ2) is 6.03. The zero-order valence-electron chi connectivity index (χ0n) is 12.1. The largest absolute Gasteiger partial charge is 0.367 e. The number of halogens is 1. The third-order valence-electron chi connectivity index (χ3n) is 3.99. The molecule has 0 aromatic heterocycles. The van der Waals surface area contributed by atoms with Crippen LogP contribution in [0.25, 0.3) is 0 Å². The second-order valence-electron chi connectivity index (χ2n) is 5.46. The van der Waals surface area contributed by atoms with Crippen molar-refractivity contribution in [1.29, 1.82) is 0 Å². The van der Waals surface area contributed by atoms with Gasteiger partial charge < -0.3 is 4.90 Å². The van der Waals surface area contributed by atoms with E-state index in [4.69, 9.17) is 0 Å². The summed E-state index contributed by atoms with van der Waals surface area (Å²) in [5, 5.41) is 0.936. The first-order valence-electron chi connectivity index (χ1n) is 6.73. The van der Waals surface area contributed by atoms with E-state index in [2.05, 4.69) is 27.8 Å². The lowest BCUT2D eigenvalue weighted by atomic mass is 10.1. The summed E-state index contributed by atoms with van der Waals surface area (Å²) in [6, 6.07) is 7.68. The number of alkyl halides is 1. The molecule has 0 saturated carbocycles. The van der Waals surface area contributed by atoms with Crippen LogP contribution in [0.1, 0.15) is 13.3 Å². The average molecular weight is 361 g/mol. The molecule has 1 saturated heterocycles. The lowest BCUT2D eigenvalue weighted by molar-refractivity contribution is 0.520. The van der Waals surface area contributed by atoms with Crippen LogP contribution < -0.4 is 4.90 Å². The summed E-state index contributed by atoms with van der Waals surface area (Å²) in [6.07, 6.45) is 1.17. The molecule has 1 aromatic carbocycles. The van der Waals surface area contributed by atoms with E-state index in [0.717, 1.165) is 17.6 Å². The first-order chi connectivity index (χ1) is 9.37. The molecule has 6 heteroatoms. The van der Waals surface area contributed by atoms with Gasteiger partial charge in [-0.05, 0) is 36.6 Å². The summed E-state index contributed by atoms with van der Waals surface area (Å²) in [5.41, 5.74) is 1.09. The van der Waals surface area contributed by atoms with Gasteiger partial charge in [0.1, 0.15) is 0 Å². The molecule has 2 unspecified atom stereocenters. The van der Waals surface area contributed by atoms with Crippen molar-refractivity contribution >= 4 is 31.6 Å². The van der Waals surface area contributed by atoms with Gasteiger partial charge in [-0.1, -0.05) is 22.9 Å². The Bertz CT molecular complexity index is 557. The zero-order valence-corrected chi connectivity index (χ0v) is 14.5. The average Bonchev–Trinajstić information content (AvgIpc) is 2.79. The molecular formula is C14H21BrN2O2S. The van der Waals surface area contributed by atoms with Crippen molar-refractivity contribution in [2.75, 3.05) is 30.9 Å². The predicted octanol–water partition coefficient (Wildman–Crippen LogP) is 2.55. The van der Waals surface area contributed by atoms with E-state index in [1.165, 1.54) is 10.7 Å². The Morgan fingerprint density at radius 2 is 1.90 bits per heavy atom. The first kappa shape index (κ1) is 15.8. The third kappa shape index (κ3) is 2.87. The molecule has 1 fully saturated rings. The monoisotopic (exact) mass is 360 g/mol. The minimum absolute atomic E-state index is 0.342. The van der Waals surface area contributed by atoms with Gasteiger partial charge in [-0.3, -0.25) is 0 Å². The van der Waals surface area contributed by atoms with Crippen LogP contribution >= 0.6 is 15.9 Å². The molecule has 1 aliphatic heterocycles. The molecule has 20 heavy (non-hydrogen) atoms. The summed E-state index contributed by atoms with van der Waals surface area (Å²) in [4.78, 5) is 2.69. The quantitative estimate of drug-likeness (QED) is 0.774. The lowest BCUT2D eigenvalue weighted by Crippen LogP contribution is -2.33. The van der Waals surface area contributed by atoms with Crippen LogP contribution in [0.2, 0.25) is 0 Å². The molecule has 112 valence electrons. The van der Waals surface area contributed by atoms with E-state index in [1.54, 1.807) is 26.2 Å². The SMILES string of the molecule is CC1CCN(c2ccc(S(=O)(=O)N(C)C)cc2)C1CBr. The molecule has 0 radical (unpaired) electrons. The van der Waals surface area contributed by atoms with Crippen LogP contribution in [0.3, 0.4) is 0 Å². The summed E-state index contributed by atoms with van der Waals surface area (Å²) in [7, 11) is -0.246. The van der Waals surface area contributed by atoms with E-state index in [9.17, 15) is 8.42 Å².